The summed E-state index contributed by atoms with van der Waals surface area (Å²) in [6.07, 6.45) is -5.57. The van der Waals surface area contributed by atoms with E-state index in [-0.39, 0.29) is 10.5 Å². The Bertz CT molecular complexity index is 642. The number of aryl methyl sites for hydroxylation is 1. The van der Waals surface area contributed by atoms with Gasteiger partial charge in [-0.2, -0.15) is 13.2 Å². The average Bonchev–Trinajstić information content (AvgIpc) is 2.24. The largest absolute Gasteiger partial charge is 0.391 e. The van der Waals surface area contributed by atoms with E-state index < -0.39 is 34.6 Å². The van der Waals surface area contributed by atoms with Crippen LogP contribution >= 0.6 is 0 Å². The summed E-state index contributed by atoms with van der Waals surface area (Å²) in [4.78, 5) is 11.7. The molecular formula is C12H15F3N2O3S. The van der Waals surface area contributed by atoms with E-state index in [1.54, 1.807) is 0 Å². The number of carbonyl (C=O) groups is 1. The maximum atomic E-state index is 12.2. The van der Waals surface area contributed by atoms with Crippen molar-refractivity contribution < 1.29 is 26.4 Å². The first-order valence-electron chi connectivity index (χ1n) is 5.91. The van der Waals surface area contributed by atoms with Gasteiger partial charge in [0.25, 0.3) is 5.91 Å². The molecule has 21 heavy (non-hydrogen) atoms. The van der Waals surface area contributed by atoms with Crippen LogP contribution in [0.1, 0.15) is 29.3 Å². The van der Waals surface area contributed by atoms with Crippen LogP contribution in [0.2, 0.25) is 0 Å². The number of rotatable bonds is 4. The molecule has 1 atom stereocenters. The third kappa shape index (κ3) is 5.35. The summed E-state index contributed by atoms with van der Waals surface area (Å²) < 4.78 is 59.1. The standard InChI is InChI=1S/C12H15F3N2O3S/c1-7-3-4-9(21(16,19)20)5-10(7)11(18)17-8(2)6-12(13,14)15/h3-5,8H,6H2,1-2H3,(H,17,18)(H2,16,19,20). The van der Waals surface area contributed by atoms with Crippen molar-refractivity contribution in [3.8, 4) is 0 Å². The number of alkyl halides is 3. The summed E-state index contributed by atoms with van der Waals surface area (Å²) >= 11 is 0. The number of nitrogens with two attached hydrogens (primary N) is 1. The minimum Gasteiger partial charge on any atom is -0.349 e. The second-order valence-electron chi connectivity index (χ2n) is 4.72. The molecule has 1 aromatic rings. The molecule has 0 radical (unpaired) electrons. The van der Waals surface area contributed by atoms with Gasteiger partial charge in [0.05, 0.1) is 11.3 Å². The number of hydrogen-bond donors (Lipinski definition) is 2. The fourth-order valence-electron chi connectivity index (χ4n) is 1.72. The number of benzene rings is 1. The Morgan fingerprint density at radius 3 is 2.43 bits per heavy atom. The third-order valence-electron chi connectivity index (χ3n) is 2.70. The molecule has 0 aliphatic carbocycles. The fraction of sp³-hybridized carbons (Fsp3) is 0.417. The molecule has 0 bridgehead atoms. The summed E-state index contributed by atoms with van der Waals surface area (Å²) in [7, 11) is -3.99. The Kier molecular flexibility index (Phi) is 5.00. The van der Waals surface area contributed by atoms with Gasteiger partial charge in [0, 0.05) is 11.6 Å². The molecule has 0 aliphatic rings. The maximum Gasteiger partial charge on any atom is 0.391 e. The zero-order valence-corrected chi connectivity index (χ0v) is 12.2. The highest BCUT2D eigenvalue weighted by atomic mass is 32.2. The SMILES string of the molecule is Cc1ccc(S(N)(=O)=O)cc1C(=O)NC(C)CC(F)(F)F. The lowest BCUT2D eigenvalue weighted by Gasteiger charge is -2.16. The zero-order chi connectivity index (χ0) is 16.4. The molecule has 3 N–H and O–H groups in total. The minimum atomic E-state index is -4.40. The molecule has 1 unspecified atom stereocenters. The molecule has 0 aromatic heterocycles. The van der Waals surface area contributed by atoms with Crippen molar-refractivity contribution >= 4 is 15.9 Å². The lowest BCUT2D eigenvalue weighted by atomic mass is 10.1. The van der Waals surface area contributed by atoms with Crippen LogP contribution in [0.4, 0.5) is 13.2 Å². The topological polar surface area (TPSA) is 89.3 Å². The van der Waals surface area contributed by atoms with Gasteiger partial charge in [0.1, 0.15) is 0 Å². The molecule has 118 valence electrons. The van der Waals surface area contributed by atoms with Crippen molar-refractivity contribution in [1.29, 1.82) is 0 Å². The number of amides is 1. The van der Waals surface area contributed by atoms with Crippen LogP contribution in [0.3, 0.4) is 0 Å². The maximum absolute atomic E-state index is 12.2. The van der Waals surface area contributed by atoms with Gasteiger partial charge < -0.3 is 5.32 Å². The molecule has 0 fully saturated rings. The lowest BCUT2D eigenvalue weighted by molar-refractivity contribution is -0.138. The van der Waals surface area contributed by atoms with Crippen LogP contribution < -0.4 is 10.5 Å². The predicted octanol–water partition coefficient (Wildman–Crippen LogP) is 1.71. The highest BCUT2D eigenvalue weighted by molar-refractivity contribution is 7.89. The lowest BCUT2D eigenvalue weighted by Crippen LogP contribution is -2.36. The van der Waals surface area contributed by atoms with Gasteiger partial charge in [-0.15, -0.1) is 0 Å². The summed E-state index contributed by atoms with van der Waals surface area (Å²) in [6.45, 7) is 2.75. The van der Waals surface area contributed by atoms with E-state index in [1.165, 1.54) is 26.0 Å². The molecule has 1 rings (SSSR count). The molecule has 1 aromatic carbocycles. The molecule has 5 nitrogen and oxygen atoms in total. The van der Waals surface area contributed by atoms with Gasteiger partial charge in [-0.05, 0) is 31.5 Å². The van der Waals surface area contributed by atoms with Crippen LogP contribution in [0.5, 0.6) is 0 Å². The van der Waals surface area contributed by atoms with Crippen molar-refractivity contribution in [1.82, 2.24) is 5.32 Å². The monoisotopic (exact) mass is 324 g/mol. The Hall–Kier alpha value is -1.61. The fourth-order valence-corrected chi connectivity index (χ4v) is 2.26. The quantitative estimate of drug-likeness (QED) is 0.883. The Morgan fingerprint density at radius 2 is 1.95 bits per heavy atom. The van der Waals surface area contributed by atoms with Crippen LogP contribution in [0, 0.1) is 6.92 Å². The number of primary sulfonamides is 1. The van der Waals surface area contributed by atoms with E-state index >= 15 is 0 Å². The number of hydrogen-bond acceptors (Lipinski definition) is 3. The van der Waals surface area contributed by atoms with Crippen molar-refractivity contribution in [2.24, 2.45) is 5.14 Å². The van der Waals surface area contributed by atoms with E-state index in [0.29, 0.717) is 5.56 Å². The van der Waals surface area contributed by atoms with Crippen molar-refractivity contribution in [2.45, 2.75) is 37.4 Å². The Balaban J connectivity index is 2.98. The average molecular weight is 324 g/mol. The molecule has 0 aliphatic heterocycles. The highest BCUT2D eigenvalue weighted by Crippen LogP contribution is 2.22. The summed E-state index contributed by atoms with van der Waals surface area (Å²) in [5, 5.41) is 7.13. The molecule has 9 heteroatoms. The van der Waals surface area contributed by atoms with Crippen LogP contribution in [0.15, 0.2) is 23.1 Å². The van der Waals surface area contributed by atoms with E-state index in [9.17, 15) is 26.4 Å². The van der Waals surface area contributed by atoms with Crippen LogP contribution in [-0.2, 0) is 10.0 Å². The summed E-state index contributed by atoms with van der Waals surface area (Å²) in [6, 6.07) is 2.50. The number of halogens is 3. The van der Waals surface area contributed by atoms with Gasteiger partial charge >= 0.3 is 6.18 Å². The van der Waals surface area contributed by atoms with E-state index in [4.69, 9.17) is 5.14 Å². The van der Waals surface area contributed by atoms with Gasteiger partial charge in [0.2, 0.25) is 10.0 Å². The van der Waals surface area contributed by atoms with E-state index in [0.717, 1.165) is 6.07 Å². The minimum absolute atomic E-state index is 0.0319. The first-order valence-corrected chi connectivity index (χ1v) is 7.46. The van der Waals surface area contributed by atoms with Crippen molar-refractivity contribution in [2.75, 3.05) is 0 Å². The van der Waals surface area contributed by atoms with Gasteiger partial charge in [-0.3, -0.25) is 4.79 Å². The molecule has 0 heterocycles. The summed E-state index contributed by atoms with van der Waals surface area (Å²) in [5.74, 6) is -0.783. The zero-order valence-electron chi connectivity index (χ0n) is 11.4. The predicted molar refractivity (Wildman–Crippen MR) is 70.2 cm³/mol. The van der Waals surface area contributed by atoms with Crippen LogP contribution in [-0.4, -0.2) is 26.5 Å². The van der Waals surface area contributed by atoms with Crippen LogP contribution in [0.25, 0.3) is 0 Å². The number of carbonyl (C=O) groups excluding carboxylic acids is 1. The second-order valence-corrected chi connectivity index (χ2v) is 6.28. The van der Waals surface area contributed by atoms with E-state index in [2.05, 4.69) is 5.32 Å². The molecule has 0 saturated heterocycles. The molecule has 0 saturated carbocycles. The summed E-state index contributed by atoms with van der Waals surface area (Å²) in [5.41, 5.74) is 0.398. The van der Waals surface area contributed by atoms with Gasteiger partial charge in [-0.25, -0.2) is 13.6 Å². The third-order valence-corrected chi connectivity index (χ3v) is 3.61. The second kappa shape index (κ2) is 6.02. The molecule has 1 amide bonds. The molecule has 0 spiro atoms. The van der Waals surface area contributed by atoms with Gasteiger partial charge in [0.15, 0.2) is 0 Å². The number of sulfonamides is 1. The number of nitrogens with one attached hydrogen (secondary N) is 1. The highest BCUT2D eigenvalue weighted by Gasteiger charge is 2.30. The Labute approximate surface area is 120 Å². The first-order chi connectivity index (χ1) is 9.40. The van der Waals surface area contributed by atoms with E-state index in [1.807, 2.05) is 0 Å². The smallest absolute Gasteiger partial charge is 0.349 e. The van der Waals surface area contributed by atoms with Gasteiger partial charge in [-0.1, -0.05) is 6.07 Å². The molecular weight excluding hydrogens is 309 g/mol. The normalized spacial score (nSPS) is 13.8. The van der Waals surface area contributed by atoms with Crippen molar-refractivity contribution in [3.63, 3.8) is 0 Å². The first kappa shape index (κ1) is 17.4. The van der Waals surface area contributed by atoms with Crippen molar-refractivity contribution in [3.05, 3.63) is 29.3 Å². The Morgan fingerprint density at radius 1 is 1.38 bits per heavy atom.